The van der Waals surface area contributed by atoms with E-state index in [9.17, 15) is 4.39 Å². The first-order valence-electron chi connectivity index (χ1n) is 6.41. The second kappa shape index (κ2) is 5.55. The van der Waals surface area contributed by atoms with Gasteiger partial charge < -0.3 is 5.32 Å². The Morgan fingerprint density at radius 3 is 2.71 bits per heavy atom. The molecular formula is C16H11FN4. The highest BCUT2D eigenvalue weighted by molar-refractivity contribution is 5.73. The van der Waals surface area contributed by atoms with Gasteiger partial charge >= 0.3 is 0 Å². The molecule has 0 unspecified atom stereocenters. The molecule has 0 aliphatic carbocycles. The van der Waals surface area contributed by atoms with Crippen LogP contribution in [-0.4, -0.2) is 9.97 Å². The minimum absolute atomic E-state index is 0.00579. The fraction of sp³-hybridized carbons (Fsp3) is 0.0625. The van der Waals surface area contributed by atoms with Crippen molar-refractivity contribution in [2.45, 2.75) is 6.54 Å². The van der Waals surface area contributed by atoms with Gasteiger partial charge in [0, 0.05) is 0 Å². The molecule has 0 spiro atoms. The molecule has 3 rings (SSSR count). The molecular weight excluding hydrogens is 267 g/mol. The van der Waals surface area contributed by atoms with Crippen LogP contribution in [0.3, 0.4) is 0 Å². The van der Waals surface area contributed by atoms with E-state index in [1.54, 1.807) is 18.3 Å². The average Bonchev–Trinajstić information content (AvgIpc) is 2.52. The maximum atomic E-state index is 13.5. The summed E-state index contributed by atoms with van der Waals surface area (Å²) in [6, 6.07) is 13.9. The average molecular weight is 278 g/mol. The standard InChI is InChI=1S/C16H11FN4/c17-13-4-3-7-14(12(13)8-18)19-9-11-10-20-15-5-1-2-6-16(15)21-11/h1-7,10,19H,9H2. The van der Waals surface area contributed by atoms with Gasteiger partial charge in [-0.15, -0.1) is 0 Å². The maximum absolute atomic E-state index is 13.5. The van der Waals surface area contributed by atoms with Gasteiger partial charge in [0.15, 0.2) is 0 Å². The molecule has 0 saturated carbocycles. The third-order valence-electron chi connectivity index (χ3n) is 3.08. The van der Waals surface area contributed by atoms with E-state index in [-0.39, 0.29) is 5.56 Å². The van der Waals surface area contributed by atoms with Crippen LogP contribution in [0.1, 0.15) is 11.3 Å². The number of aromatic nitrogens is 2. The molecule has 0 aliphatic heterocycles. The summed E-state index contributed by atoms with van der Waals surface area (Å²) in [7, 11) is 0. The predicted octanol–water partition coefficient (Wildman–Crippen LogP) is 3.25. The summed E-state index contributed by atoms with van der Waals surface area (Å²) in [4.78, 5) is 8.78. The van der Waals surface area contributed by atoms with Gasteiger partial charge in [0.25, 0.3) is 0 Å². The molecule has 0 atom stereocenters. The molecule has 0 amide bonds. The van der Waals surface area contributed by atoms with Crippen molar-refractivity contribution in [1.29, 1.82) is 5.26 Å². The Bertz CT molecular complexity index is 839. The van der Waals surface area contributed by atoms with Crippen LogP contribution in [0.2, 0.25) is 0 Å². The van der Waals surface area contributed by atoms with Gasteiger partial charge in [0.05, 0.1) is 35.2 Å². The Morgan fingerprint density at radius 1 is 1.10 bits per heavy atom. The maximum Gasteiger partial charge on any atom is 0.143 e. The number of para-hydroxylation sites is 2. The topological polar surface area (TPSA) is 61.6 Å². The number of hydrogen-bond acceptors (Lipinski definition) is 4. The van der Waals surface area contributed by atoms with E-state index in [0.717, 1.165) is 16.7 Å². The van der Waals surface area contributed by atoms with Crippen LogP contribution in [0.25, 0.3) is 11.0 Å². The monoisotopic (exact) mass is 278 g/mol. The summed E-state index contributed by atoms with van der Waals surface area (Å²) in [5.74, 6) is -0.535. The third-order valence-corrected chi connectivity index (χ3v) is 3.08. The zero-order valence-electron chi connectivity index (χ0n) is 11.0. The first-order chi connectivity index (χ1) is 10.3. The van der Waals surface area contributed by atoms with E-state index in [4.69, 9.17) is 5.26 Å². The number of nitrogens with zero attached hydrogens (tertiary/aromatic N) is 3. The Hall–Kier alpha value is -3.00. The van der Waals surface area contributed by atoms with Crippen LogP contribution in [0.4, 0.5) is 10.1 Å². The smallest absolute Gasteiger partial charge is 0.143 e. The van der Waals surface area contributed by atoms with Gasteiger partial charge in [-0.25, -0.2) is 9.37 Å². The molecule has 0 radical (unpaired) electrons. The summed E-state index contributed by atoms with van der Waals surface area (Å²) in [5.41, 5.74) is 2.81. The number of benzene rings is 2. The molecule has 2 aromatic carbocycles. The van der Waals surface area contributed by atoms with E-state index in [0.29, 0.717) is 12.2 Å². The molecule has 1 heterocycles. The number of rotatable bonds is 3. The fourth-order valence-corrected chi connectivity index (χ4v) is 2.05. The van der Waals surface area contributed by atoms with Crippen LogP contribution in [0.5, 0.6) is 0 Å². The summed E-state index contributed by atoms with van der Waals surface area (Å²) in [6.45, 7) is 0.371. The van der Waals surface area contributed by atoms with E-state index in [1.807, 2.05) is 30.3 Å². The Kier molecular flexibility index (Phi) is 3.44. The van der Waals surface area contributed by atoms with Crippen molar-refractivity contribution in [3.8, 4) is 6.07 Å². The summed E-state index contributed by atoms with van der Waals surface area (Å²) >= 11 is 0. The lowest BCUT2D eigenvalue weighted by Crippen LogP contribution is -2.04. The van der Waals surface area contributed by atoms with Crippen molar-refractivity contribution in [3.63, 3.8) is 0 Å². The zero-order valence-corrected chi connectivity index (χ0v) is 11.0. The number of fused-ring (bicyclic) bond motifs is 1. The van der Waals surface area contributed by atoms with Crippen molar-refractivity contribution < 1.29 is 4.39 Å². The molecule has 3 aromatic rings. The van der Waals surface area contributed by atoms with Gasteiger partial charge in [-0.2, -0.15) is 5.26 Å². The van der Waals surface area contributed by atoms with Crippen molar-refractivity contribution in [2.24, 2.45) is 0 Å². The van der Waals surface area contributed by atoms with Gasteiger partial charge in [-0.05, 0) is 24.3 Å². The Morgan fingerprint density at radius 2 is 1.90 bits per heavy atom. The molecule has 1 N–H and O–H groups in total. The van der Waals surface area contributed by atoms with Gasteiger partial charge in [-0.3, -0.25) is 4.98 Å². The highest BCUT2D eigenvalue weighted by atomic mass is 19.1. The highest BCUT2D eigenvalue weighted by Gasteiger charge is 2.07. The normalized spacial score (nSPS) is 10.3. The molecule has 0 bridgehead atoms. The first kappa shape index (κ1) is 13.0. The second-order valence-electron chi connectivity index (χ2n) is 4.48. The molecule has 0 saturated heterocycles. The molecule has 102 valence electrons. The van der Waals surface area contributed by atoms with Crippen LogP contribution in [0.15, 0.2) is 48.7 Å². The summed E-state index contributed by atoms with van der Waals surface area (Å²) in [5, 5.41) is 12.0. The minimum Gasteiger partial charge on any atom is -0.378 e. The van der Waals surface area contributed by atoms with Crippen molar-refractivity contribution in [1.82, 2.24) is 9.97 Å². The molecule has 0 aliphatic rings. The van der Waals surface area contributed by atoms with E-state index < -0.39 is 5.82 Å². The fourth-order valence-electron chi connectivity index (χ4n) is 2.05. The first-order valence-corrected chi connectivity index (χ1v) is 6.41. The van der Waals surface area contributed by atoms with Crippen molar-refractivity contribution in [2.75, 3.05) is 5.32 Å². The SMILES string of the molecule is N#Cc1c(F)cccc1NCc1cnc2ccccc2n1. The van der Waals surface area contributed by atoms with E-state index >= 15 is 0 Å². The van der Waals surface area contributed by atoms with Crippen LogP contribution in [-0.2, 0) is 6.54 Å². The lowest BCUT2D eigenvalue weighted by atomic mass is 10.2. The zero-order chi connectivity index (χ0) is 14.7. The third kappa shape index (κ3) is 2.65. The van der Waals surface area contributed by atoms with Crippen LogP contribution in [0, 0.1) is 17.1 Å². The lowest BCUT2D eigenvalue weighted by Gasteiger charge is -2.08. The van der Waals surface area contributed by atoms with Gasteiger partial charge in [0.2, 0.25) is 0 Å². The largest absolute Gasteiger partial charge is 0.378 e. The number of anilines is 1. The van der Waals surface area contributed by atoms with Crippen LogP contribution < -0.4 is 5.32 Å². The van der Waals surface area contributed by atoms with Crippen molar-refractivity contribution >= 4 is 16.7 Å². The highest BCUT2D eigenvalue weighted by Crippen LogP contribution is 2.18. The Labute approximate surface area is 120 Å². The lowest BCUT2D eigenvalue weighted by molar-refractivity contribution is 0.624. The number of nitrogens with one attached hydrogen (secondary N) is 1. The number of hydrogen-bond donors (Lipinski definition) is 1. The summed E-state index contributed by atoms with van der Waals surface area (Å²) in [6.07, 6.45) is 1.67. The molecule has 5 heteroatoms. The Balaban J connectivity index is 1.84. The van der Waals surface area contributed by atoms with E-state index in [1.165, 1.54) is 6.07 Å². The molecule has 4 nitrogen and oxygen atoms in total. The quantitative estimate of drug-likeness (QED) is 0.798. The number of halogens is 1. The second-order valence-corrected chi connectivity index (χ2v) is 4.48. The molecule has 0 fully saturated rings. The molecule has 21 heavy (non-hydrogen) atoms. The predicted molar refractivity (Wildman–Crippen MR) is 78.0 cm³/mol. The minimum atomic E-state index is -0.535. The van der Waals surface area contributed by atoms with Crippen LogP contribution >= 0.6 is 0 Å². The van der Waals surface area contributed by atoms with Gasteiger partial charge in [-0.1, -0.05) is 18.2 Å². The molecule has 1 aromatic heterocycles. The summed E-state index contributed by atoms with van der Waals surface area (Å²) < 4.78 is 13.5. The number of nitriles is 1. The van der Waals surface area contributed by atoms with Crippen molar-refractivity contribution in [3.05, 3.63) is 65.7 Å². The van der Waals surface area contributed by atoms with Gasteiger partial charge in [0.1, 0.15) is 17.4 Å². The van der Waals surface area contributed by atoms with E-state index in [2.05, 4.69) is 15.3 Å².